The second-order valence-electron chi connectivity index (χ2n) is 5.31. The molecule has 3 rings (SSSR count). The van der Waals surface area contributed by atoms with Gasteiger partial charge in [-0.15, -0.1) is 11.3 Å². The maximum Gasteiger partial charge on any atom is 0.0558 e. The summed E-state index contributed by atoms with van der Waals surface area (Å²) in [6.07, 6.45) is 6.78. The topological polar surface area (TPSA) is 46.2 Å². The first-order valence-corrected chi connectivity index (χ1v) is 7.05. The molecule has 0 atom stereocenters. The van der Waals surface area contributed by atoms with Crippen LogP contribution in [0, 0.1) is 0 Å². The number of aryl methyl sites for hydroxylation is 2. The van der Waals surface area contributed by atoms with Crippen molar-refractivity contribution in [2.75, 3.05) is 6.54 Å². The summed E-state index contributed by atoms with van der Waals surface area (Å²) in [5.74, 6) is 0. The summed E-state index contributed by atoms with van der Waals surface area (Å²) in [5, 5.41) is 9.53. The first-order chi connectivity index (χ1) is 7.73. The Balaban J connectivity index is 1.91. The molecule has 1 saturated carbocycles. The van der Waals surface area contributed by atoms with Crippen molar-refractivity contribution >= 4 is 11.3 Å². The van der Waals surface area contributed by atoms with E-state index < -0.39 is 0 Å². The Morgan fingerprint density at radius 2 is 2.12 bits per heavy atom. The minimum atomic E-state index is -0.123. The van der Waals surface area contributed by atoms with Gasteiger partial charge in [0.25, 0.3) is 0 Å². The molecule has 0 radical (unpaired) electrons. The van der Waals surface area contributed by atoms with Crippen molar-refractivity contribution in [2.24, 2.45) is 5.73 Å². The van der Waals surface area contributed by atoms with E-state index in [2.05, 4.69) is 6.07 Å². The zero-order valence-corrected chi connectivity index (χ0v) is 10.4. The van der Waals surface area contributed by atoms with Gasteiger partial charge >= 0.3 is 0 Å². The Morgan fingerprint density at radius 3 is 2.75 bits per heavy atom. The second-order valence-corrected chi connectivity index (χ2v) is 6.45. The monoisotopic (exact) mass is 237 g/mol. The Morgan fingerprint density at radius 1 is 1.38 bits per heavy atom. The molecule has 3 N–H and O–H groups in total. The first-order valence-electron chi connectivity index (χ1n) is 6.24. The predicted octanol–water partition coefficient (Wildman–Crippen LogP) is 1.98. The maximum absolute atomic E-state index is 9.53. The van der Waals surface area contributed by atoms with Crippen LogP contribution in [0.4, 0.5) is 0 Å². The molecule has 1 fully saturated rings. The van der Waals surface area contributed by atoms with E-state index in [1.165, 1.54) is 30.6 Å². The number of fused-ring (bicyclic) bond motifs is 1. The molecule has 2 aliphatic carbocycles. The van der Waals surface area contributed by atoms with Crippen molar-refractivity contribution in [3.8, 4) is 0 Å². The maximum atomic E-state index is 9.53. The highest BCUT2D eigenvalue weighted by Gasteiger charge is 2.45. The van der Waals surface area contributed by atoms with E-state index in [4.69, 9.17) is 5.73 Å². The molecule has 0 aromatic carbocycles. The van der Waals surface area contributed by atoms with Crippen LogP contribution in [0.15, 0.2) is 6.07 Å². The van der Waals surface area contributed by atoms with Crippen LogP contribution in [0.2, 0.25) is 0 Å². The number of thiophene rings is 1. The summed E-state index contributed by atoms with van der Waals surface area (Å²) in [4.78, 5) is 3.02. The van der Waals surface area contributed by atoms with Crippen molar-refractivity contribution in [1.82, 2.24) is 0 Å². The Bertz CT molecular complexity index is 369. The molecular weight excluding hydrogens is 218 g/mol. The molecule has 0 saturated heterocycles. The van der Waals surface area contributed by atoms with Gasteiger partial charge in [0, 0.05) is 21.7 Å². The molecular formula is C13H19NOS. The lowest BCUT2D eigenvalue weighted by molar-refractivity contribution is 0.0239. The third kappa shape index (κ3) is 1.53. The molecule has 88 valence electrons. The zero-order chi connectivity index (χ0) is 11.2. The van der Waals surface area contributed by atoms with Gasteiger partial charge < -0.3 is 10.8 Å². The average Bonchev–Trinajstić information content (AvgIpc) is 2.68. The average molecular weight is 237 g/mol. The lowest BCUT2D eigenvalue weighted by Gasteiger charge is -2.44. The quantitative estimate of drug-likeness (QED) is 0.826. The number of aliphatic hydroxyl groups is 1. The van der Waals surface area contributed by atoms with Gasteiger partial charge in [-0.3, -0.25) is 0 Å². The highest BCUT2D eigenvalue weighted by Crippen LogP contribution is 2.47. The Labute approximate surface area is 100 Å². The number of hydrogen-bond acceptors (Lipinski definition) is 3. The molecule has 1 heterocycles. The molecule has 0 unspecified atom stereocenters. The summed E-state index contributed by atoms with van der Waals surface area (Å²) in [6, 6.07) is 2.37. The molecule has 0 amide bonds. The fraction of sp³-hybridized carbons (Fsp3) is 0.692. The zero-order valence-electron chi connectivity index (χ0n) is 9.54. The van der Waals surface area contributed by atoms with Gasteiger partial charge in [0.15, 0.2) is 0 Å². The van der Waals surface area contributed by atoms with Crippen LogP contribution >= 0.6 is 11.3 Å². The minimum absolute atomic E-state index is 0.113. The van der Waals surface area contributed by atoms with Crippen molar-refractivity contribution in [1.29, 1.82) is 0 Å². The normalized spacial score (nSPS) is 33.2. The van der Waals surface area contributed by atoms with Crippen LogP contribution in [-0.4, -0.2) is 17.8 Å². The van der Waals surface area contributed by atoms with Gasteiger partial charge in [-0.2, -0.15) is 0 Å². The Kier molecular flexibility index (Phi) is 2.57. The molecule has 2 nitrogen and oxygen atoms in total. The van der Waals surface area contributed by atoms with Crippen LogP contribution in [0.5, 0.6) is 0 Å². The second kappa shape index (κ2) is 3.83. The van der Waals surface area contributed by atoms with Crippen molar-refractivity contribution in [2.45, 2.75) is 50.0 Å². The third-order valence-corrected chi connectivity index (χ3v) is 5.65. The third-order valence-electron chi connectivity index (χ3n) is 4.16. The molecule has 1 aromatic rings. The number of nitrogens with two attached hydrogens (primary N) is 1. The van der Waals surface area contributed by atoms with Crippen molar-refractivity contribution in [3.63, 3.8) is 0 Å². The smallest absolute Gasteiger partial charge is 0.0558 e. The van der Waals surface area contributed by atoms with Gasteiger partial charge in [-0.05, 0) is 50.2 Å². The van der Waals surface area contributed by atoms with Crippen LogP contribution < -0.4 is 5.73 Å². The highest BCUT2D eigenvalue weighted by atomic mass is 32.1. The molecule has 1 aromatic heterocycles. The van der Waals surface area contributed by atoms with Crippen LogP contribution in [0.25, 0.3) is 0 Å². The van der Waals surface area contributed by atoms with E-state index in [0.717, 1.165) is 12.8 Å². The van der Waals surface area contributed by atoms with E-state index in [1.54, 1.807) is 10.4 Å². The summed E-state index contributed by atoms with van der Waals surface area (Å²) in [6.45, 7) is 0.684. The molecule has 0 aliphatic heterocycles. The number of rotatable bonds is 2. The summed E-state index contributed by atoms with van der Waals surface area (Å²) in [7, 11) is 0. The molecule has 3 heteroatoms. The number of hydrogen-bond donors (Lipinski definition) is 2. The molecule has 16 heavy (non-hydrogen) atoms. The van der Waals surface area contributed by atoms with Crippen molar-refractivity contribution < 1.29 is 5.11 Å². The molecule has 0 spiro atoms. The van der Waals surface area contributed by atoms with Gasteiger partial charge in [-0.1, -0.05) is 0 Å². The standard InChI is InChI=1S/C13H19NOS/c14-8-13(6-10(15)7-13)12-5-9-3-1-2-4-11(9)16-12/h5,10,15H,1-4,6-8,14H2. The highest BCUT2D eigenvalue weighted by molar-refractivity contribution is 7.12. The molecule has 2 aliphatic rings. The van der Waals surface area contributed by atoms with Crippen LogP contribution in [0.3, 0.4) is 0 Å². The van der Waals surface area contributed by atoms with Crippen molar-refractivity contribution in [3.05, 3.63) is 21.4 Å². The number of aliphatic hydroxyl groups excluding tert-OH is 1. The van der Waals surface area contributed by atoms with Gasteiger partial charge in [0.1, 0.15) is 0 Å². The van der Waals surface area contributed by atoms with Gasteiger partial charge in [0.05, 0.1) is 6.10 Å². The lowest BCUT2D eigenvalue weighted by Crippen LogP contribution is -2.49. The lowest BCUT2D eigenvalue weighted by atomic mass is 9.66. The summed E-state index contributed by atoms with van der Waals surface area (Å²) in [5.41, 5.74) is 7.58. The van der Waals surface area contributed by atoms with E-state index in [1.807, 2.05) is 11.3 Å². The SMILES string of the molecule is NCC1(c2cc3c(s2)CCCC3)CC(O)C1. The van der Waals surface area contributed by atoms with Crippen LogP contribution in [-0.2, 0) is 18.3 Å². The van der Waals surface area contributed by atoms with E-state index in [9.17, 15) is 5.11 Å². The fourth-order valence-corrected chi connectivity index (χ4v) is 4.53. The Hall–Kier alpha value is -0.380. The summed E-state index contributed by atoms with van der Waals surface area (Å²) < 4.78 is 0. The fourth-order valence-electron chi connectivity index (χ4n) is 3.06. The summed E-state index contributed by atoms with van der Waals surface area (Å²) >= 11 is 1.95. The largest absolute Gasteiger partial charge is 0.393 e. The van der Waals surface area contributed by atoms with E-state index >= 15 is 0 Å². The molecule has 0 bridgehead atoms. The van der Waals surface area contributed by atoms with E-state index in [-0.39, 0.29) is 11.5 Å². The van der Waals surface area contributed by atoms with Gasteiger partial charge in [-0.25, -0.2) is 0 Å². The minimum Gasteiger partial charge on any atom is -0.393 e. The van der Waals surface area contributed by atoms with Crippen LogP contribution in [0.1, 0.15) is 41.0 Å². The first kappa shape index (κ1) is 10.8. The predicted molar refractivity (Wildman–Crippen MR) is 66.9 cm³/mol. The van der Waals surface area contributed by atoms with E-state index in [0.29, 0.717) is 6.54 Å². The van der Waals surface area contributed by atoms with Gasteiger partial charge in [0.2, 0.25) is 0 Å².